The van der Waals surface area contributed by atoms with Crippen LogP contribution >= 0.6 is 0 Å². The van der Waals surface area contributed by atoms with Gasteiger partial charge in [-0.05, 0) is 20.8 Å². The van der Waals surface area contributed by atoms with Crippen LogP contribution in [-0.4, -0.2) is 49.0 Å². The highest BCUT2D eigenvalue weighted by atomic mass is 16.5. The van der Waals surface area contributed by atoms with Gasteiger partial charge < -0.3 is 14.4 Å². The van der Waals surface area contributed by atoms with E-state index in [1.54, 1.807) is 11.8 Å². The molecule has 0 aromatic carbocycles. The maximum Gasteiger partial charge on any atom is 0.331 e. The van der Waals surface area contributed by atoms with Crippen LogP contribution in [0.25, 0.3) is 0 Å². The molecule has 0 aliphatic heterocycles. The summed E-state index contributed by atoms with van der Waals surface area (Å²) in [6, 6.07) is 0. The first-order valence-electron chi connectivity index (χ1n) is 5.84. The molecule has 0 saturated carbocycles. The second kappa shape index (κ2) is 9.21. The number of carbonyl (C=O) groups is 3. The van der Waals surface area contributed by atoms with Crippen molar-refractivity contribution in [3.05, 3.63) is 12.2 Å². The van der Waals surface area contributed by atoms with Gasteiger partial charge >= 0.3 is 11.9 Å². The molecule has 6 heteroatoms. The van der Waals surface area contributed by atoms with Crippen LogP contribution in [0.15, 0.2) is 12.2 Å². The quantitative estimate of drug-likeness (QED) is 0.491. The van der Waals surface area contributed by atoms with Gasteiger partial charge in [0.1, 0.15) is 0 Å². The fourth-order valence-electron chi connectivity index (χ4n) is 1.18. The molecular formula is C12H19NO5. The average Bonchev–Trinajstić information content (AvgIpc) is 2.35. The van der Waals surface area contributed by atoms with Gasteiger partial charge in [0, 0.05) is 25.2 Å². The number of rotatable bonds is 7. The Balaban J connectivity index is 4.03. The first-order chi connectivity index (χ1) is 8.54. The van der Waals surface area contributed by atoms with Crippen molar-refractivity contribution in [3.63, 3.8) is 0 Å². The van der Waals surface area contributed by atoms with E-state index in [0.29, 0.717) is 13.1 Å². The molecule has 18 heavy (non-hydrogen) atoms. The standard InChI is InChI=1S/C12H19NO5/c1-4-13(5-2)10(14)9-18-12(16)8-7-11(15)17-6-3/h7-8H,4-6,9H2,1-3H3. The molecule has 0 spiro atoms. The number of carbonyl (C=O) groups excluding carboxylic acids is 3. The maximum atomic E-state index is 11.5. The highest BCUT2D eigenvalue weighted by Crippen LogP contribution is 1.91. The maximum absolute atomic E-state index is 11.5. The van der Waals surface area contributed by atoms with Crippen LogP contribution in [0.3, 0.4) is 0 Å². The van der Waals surface area contributed by atoms with Crippen LogP contribution in [-0.2, 0) is 23.9 Å². The summed E-state index contributed by atoms with van der Waals surface area (Å²) in [5.41, 5.74) is 0. The SMILES string of the molecule is CCOC(=O)C=CC(=O)OCC(=O)N(CC)CC. The Kier molecular flexibility index (Phi) is 8.26. The molecule has 0 bridgehead atoms. The van der Waals surface area contributed by atoms with Crippen LogP contribution in [0.1, 0.15) is 20.8 Å². The van der Waals surface area contributed by atoms with Crippen LogP contribution in [0.2, 0.25) is 0 Å². The second-order valence-electron chi connectivity index (χ2n) is 3.26. The van der Waals surface area contributed by atoms with E-state index in [1.165, 1.54) is 0 Å². The van der Waals surface area contributed by atoms with Crippen molar-refractivity contribution < 1.29 is 23.9 Å². The monoisotopic (exact) mass is 257 g/mol. The van der Waals surface area contributed by atoms with Crippen molar-refractivity contribution in [2.75, 3.05) is 26.3 Å². The third kappa shape index (κ3) is 6.67. The zero-order valence-corrected chi connectivity index (χ0v) is 11.0. The summed E-state index contributed by atoms with van der Waals surface area (Å²) < 4.78 is 9.27. The zero-order valence-electron chi connectivity index (χ0n) is 11.0. The van der Waals surface area contributed by atoms with Crippen LogP contribution in [0.4, 0.5) is 0 Å². The number of hydrogen-bond acceptors (Lipinski definition) is 5. The second-order valence-corrected chi connectivity index (χ2v) is 3.26. The van der Waals surface area contributed by atoms with E-state index in [9.17, 15) is 14.4 Å². The lowest BCUT2D eigenvalue weighted by Crippen LogP contribution is -2.34. The number of likely N-dealkylation sites (N-methyl/N-ethyl adjacent to an activating group) is 1. The van der Waals surface area contributed by atoms with Crippen molar-refractivity contribution in [3.8, 4) is 0 Å². The summed E-state index contributed by atoms with van der Waals surface area (Å²) in [7, 11) is 0. The van der Waals surface area contributed by atoms with Crippen molar-refractivity contribution in [2.24, 2.45) is 0 Å². The molecule has 0 aliphatic rings. The van der Waals surface area contributed by atoms with Gasteiger partial charge in [0.15, 0.2) is 6.61 Å². The Morgan fingerprint density at radius 1 is 0.944 bits per heavy atom. The largest absolute Gasteiger partial charge is 0.463 e. The smallest absolute Gasteiger partial charge is 0.331 e. The van der Waals surface area contributed by atoms with Crippen molar-refractivity contribution in [1.82, 2.24) is 4.90 Å². The van der Waals surface area contributed by atoms with Gasteiger partial charge in [0.25, 0.3) is 5.91 Å². The Bertz CT molecular complexity index is 320. The molecule has 0 fully saturated rings. The van der Waals surface area contributed by atoms with Gasteiger partial charge in [-0.2, -0.15) is 0 Å². The Hall–Kier alpha value is -1.85. The highest BCUT2D eigenvalue weighted by Gasteiger charge is 2.11. The van der Waals surface area contributed by atoms with Crippen molar-refractivity contribution in [1.29, 1.82) is 0 Å². The lowest BCUT2D eigenvalue weighted by atomic mass is 10.4. The molecule has 0 unspecified atom stereocenters. The van der Waals surface area contributed by atoms with Gasteiger partial charge in [-0.3, -0.25) is 4.79 Å². The number of amides is 1. The van der Waals surface area contributed by atoms with E-state index < -0.39 is 11.9 Å². The summed E-state index contributed by atoms with van der Waals surface area (Å²) in [5, 5.41) is 0. The van der Waals surface area contributed by atoms with Crippen LogP contribution < -0.4 is 0 Å². The molecular weight excluding hydrogens is 238 g/mol. The van der Waals surface area contributed by atoms with E-state index in [2.05, 4.69) is 4.74 Å². The molecule has 0 rings (SSSR count). The predicted molar refractivity (Wildman–Crippen MR) is 64.7 cm³/mol. The number of ether oxygens (including phenoxy) is 2. The van der Waals surface area contributed by atoms with Crippen molar-refractivity contribution in [2.45, 2.75) is 20.8 Å². The highest BCUT2D eigenvalue weighted by molar-refractivity contribution is 5.92. The molecule has 0 atom stereocenters. The normalized spacial score (nSPS) is 10.2. The van der Waals surface area contributed by atoms with Crippen LogP contribution in [0, 0.1) is 0 Å². The molecule has 6 nitrogen and oxygen atoms in total. The molecule has 0 aromatic heterocycles. The van der Waals surface area contributed by atoms with E-state index in [0.717, 1.165) is 12.2 Å². The molecule has 0 N–H and O–H groups in total. The van der Waals surface area contributed by atoms with E-state index in [1.807, 2.05) is 13.8 Å². The van der Waals surface area contributed by atoms with E-state index in [-0.39, 0.29) is 19.1 Å². The lowest BCUT2D eigenvalue weighted by Gasteiger charge is -2.17. The van der Waals surface area contributed by atoms with E-state index >= 15 is 0 Å². The summed E-state index contributed by atoms with van der Waals surface area (Å²) >= 11 is 0. The first-order valence-corrected chi connectivity index (χ1v) is 5.84. The summed E-state index contributed by atoms with van der Waals surface area (Å²) in [6.07, 6.45) is 1.90. The van der Waals surface area contributed by atoms with Gasteiger partial charge in [-0.25, -0.2) is 9.59 Å². The van der Waals surface area contributed by atoms with E-state index in [4.69, 9.17) is 4.74 Å². The lowest BCUT2D eigenvalue weighted by molar-refractivity contribution is -0.148. The summed E-state index contributed by atoms with van der Waals surface area (Å²) in [5.74, 6) is -1.63. The van der Waals surface area contributed by atoms with Gasteiger partial charge in [0.05, 0.1) is 6.61 Å². The van der Waals surface area contributed by atoms with Gasteiger partial charge in [0.2, 0.25) is 0 Å². The Labute approximate surface area is 107 Å². The van der Waals surface area contributed by atoms with Crippen LogP contribution in [0.5, 0.6) is 0 Å². The predicted octanol–water partition coefficient (Wildman–Crippen LogP) is 0.517. The number of esters is 2. The minimum atomic E-state index is -0.747. The Morgan fingerprint density at radius 3 is 1.89 bits per heavy atom. The summed E-state index contributed by atoms with van der Waals surface area (Å²) in [4.78, 5) is 35.1. The minimum Gasteiger partial charge on any atom is -0.463 e. The molecule has 0 aromatic rings. The topological polar surface area (TPSA) is 72.9 Å². The first kappa shape index (κ1) is 16.1. The minimum absolute atomic E-state index is 0.235. The molecule has 0 aliphatic carbocycles. The molecule has 0 heterocycles. The average molecular weight is 257 g/mol. The number of nitrogens with zero attached hydrogens (tertiary/aromatic N) is 1. The van der Waals surface area contributed by atoms with Gasteiger partial charge in [-0.1, -0.05) is 0 Å². The molecule has 102 valence electrons. The molecule has 1 amide bonds. The zero-order chi connectivity index (χ0) is 14.0. The molecule has 0 radical (unpaired) electrons. The Morgan fingerprint density at radius 2 is 1.44 bits per heavy atom. The van der Waals surface area contributed by atoms with Gasteiger partial charge in [-0.15, -0.1) is 0 Å². The summed E-state index contributed by atoms with van der Waals surface area (Å²) in [6.45, 7) is 6.37. The fraction of sp³-hybridized carbons (Fsp3) is 0.583. The third-order valence-corrected chi connectivity index (χ3v) is 2.10. The molecule has 0 saturated heterocycles. The fourth-order valence-corrected chi connectivity index (χ4v) is 1.18. The van der Waals surface area contributed by atoms with Crippen molar-refractivity contribution >= 4 is 17.8 Å². The third-order valence-electron chi connectivity index (χ3n) is 2.10. The number of hydrogen-bond donors (Lipinski definition) is 0.